The molecule has 4 N–H and O–H groups in total. The Balaban J connectivity index is 1.74. The van der Waals surface area contributed by atoms with E-state index in [9.17, 15) is 4.79 Å². The molecule has 7 nitrogen and oxygen atoms in total. The van der Waals surface area contributed by atoms with Crippen LogP contribution in [-0.4, -0.2) is 39.2 Å². The van der Waals surface area contributed by atoms with Crippen molar-refractivity contribution >= 4 is 35.5 Å². The van der Waals surface area contributed by atoms with Crippen LogP contribution in [-0.2, 0) is 0 Å². The van der Waals surface area contributed by atoms with Crippen LogP contribution in [0.4, 0.5) is 10.6 Å². The molecule has 0 saturated heterocycles. The summed E-state index contributed by atoms with van der Waals surface area (Å²) in [5.74, 6) is 0.398. The van der Waals surface area contributed by atoms with E-state index < -0.39 is 7.12 Å². The number of nitrogens with one attached hydrogen (secondary N) is 2. The molecule has 0 bridgehead atoms. The summed E-state index contributed by atoms with van der Waals surface area (Å²) in [6.07, 6.45) is 5.71. The van der Waals surface area contributed by atoms with Gasteiger partial charge in [0.05, 0.1) is 11.0 Å². The standard InChI is InChI=1S/C14H17BN4O3/c20-14(17-10-3-1-2-4-10)19-13-6-5-11-12(18-13)7-9(8-16-11)15(21)22/h5-8,10,21-22H,1-4H2,(H2,17,18,19,20). The van der Waals surface area contributed by atoms with Gasteiger partial charge in [0, 0.05) is 17.7 Å². The number of aromatic nitrogens is 2. The fourth-order valence-electron chi connectivity index (χ4n) is 2.64. The highest BCUT2D eigenvalue weighted by Gasteiger charge is 2.17. The first kappa shape index (κ1) is 14.7. The zero-order chi connectivity index (χ0) is 15.5. The van der Waals surface area contributed by atoms with Crippen molar-refractivity contribution in [3.05, 3.63) is 24.4 Å². The third-order valence-electron chi connectivity index (χ3n) is 3.79. The van der Waals surface area contributed by atoms with Gasteiger partial charge in [-0.3, -0.25) is 10.3 Å². The van der Waals surface area contributed by atoms with Crippen LogP contribution < -0.4 is 16.1 Å². The average molecular weight is 300 g/mol. The minimum absolute atomic E-state index is 0.235. The van der Waals surface area contributed by atoms with Gasteiger partial charge in [-0.05, 0) is 31.0 Å². The van der Waals surface area contributed by atoms with Crippen molar-refractivity contribution < 1.29 is 14.8 Å². The molecule has 2 heterocycles. The third-order valence-corrected chi connectivity index (χ3v) is 3.79. The van der Waals surface area contributed by atoms with Crippen molar-refractivity contribution in [2.24, 2.45) is 0 Å². The van der Waals surface area contributed by atoms with Crippen LogP contribution in [0.15, 0.2) is 24.4 Å². The van der Waals surface area contributed by atoms with Gasteiger partial charge in [0.1, 0.15) is 5.82 Å². The van der Waals surface area contributed by atoms with Crippen molar-refractivity contribution in [3.8, 4) is 0 Å². The van der Waals surface area contributed by atoms with Crippen molar-refractivity contribution in [2.75, 3.05) is 5.32 Å². The summed E-state index contributed by atoms with van der Waals surface area (Å²) in [6, 6.07) is 4.88. The van der Waals surface area contributed by atoms with Crippen molar-refractivity contribution in [1.82, 2.24) is 15.3 Å². The number of urea groups is 1. The van der Waals surface area contributed by atoms with Gasteiger partial charge in [0.15, 0.2) is 0 Å². The van der Waals surface area contributed by atoms with Crippen LogP contribution >= 0.6 is 0 Å². The second kappa shape index (κ2) is 6.29. The normalized spacial score (nSPS) is 15.0. The molecule has 22 heavy (non-hydrogen) atoms. The van der Waals surface area contributed by atoms with E-state index >= 15 is 0 Å². The minimum atomic E-state index is -1.60. The molecule has 3 rings (SSSR count). The molecule has 2 aromatic rings. The van der Waals surface area contributed by atoms with Crippen molar-refractivity contribution in [2.45, 2.75) is 31.7 Å². The molecule has 0 spiro atoms. The number of nitrogens with zero attached hydrogens (tertiary/aromatic N) is 2. The monoisotopic (exact) mass is 300 g/mol. The maximum absolute atomic E-state index is 11.9. The number of amides is 2. The molecule has 8 heteroatoms. The molecule has 0 aromatic carbocycles. The van der Waals surface area contributed by atoms with E-state index in [0.717, 1.165) is 25.7 Å². The number of hydrogen-bond donors (Lipinski definition) is 4. The topological polar surface area (TPSA) is 107 Å². The molecular weight excluding hydrogens is 283 g/mol. The van der Waals surface area contributed by atoms with Crippen LogP contribution in [0.1, 0.15) is 25.7 Å². The lowest BCUT2D eigenvalue weighted by atomic mass is 9.81. The van der Waals surface area contributed by atoms with Crippen LogP contribution in [0.5, 0.6) is 0 Å². The van der Waals surface area contributed by atoms with Gasteiger partial charge in [-0.1, -0.05) is 12.8 Å². The molecule has 2 aromatic heterocycles. The van der Waals surface area contributed by atoms with E-state index in [4.69, 9.17) is 10.0 Å². The van der Waals surface area contributed by atoms with Gasteiger partial charge in [0.2, 0.25) is 0 Å². The number of carbonyl (C=O) groups is 1. The van der Waals surface area contributed by atoms with Crippen molar-refractivity contribution in [1.29, 1.82) is 0 Å². The van der Waals surface area contributed by atoms with E-state index in [1.807, 2.05) is 0 Å². The molecule has 0 aliphatic heterocycles. The van der Waals surface area contributed by atoms with Gasteiger partial charge in [-0.2, -0.15) is 0 Å². The Hall–Kier alpha value is -2.19. The third kappa shape index (κ3) is 3.34. The molecule has 1 saturated carbocycles. The Labute approximate surface area is 127 Å². The smallest absolute Gasteiger partial charge is 0.423 e. The minimum Gasteiger partial charge on any atom is -0.423 e. The number of anilines is 1. The molecule has 0 atom stereocenters. The van der Waals surface area contributed by atoms with Crippen LogP contribution in [0, 0.1) is 0 Å². The highest BCUT2D eigenvalue weighted by molar-refractivity contribution is 6.58. The van der Waals surface area contributed by atoms with E-state index in [0.29, 0.717) is 16.9 Å². The summed E-state index contributed by atoms with van der Waals surface area (Å²) >= 11 is 0. The predicted molar refractivity (Wildman–Crippen MR) is 83.8 cm³/mol. The highest BCUT2D eigenvalue weighted by atomic mass is 16.4. The molecule has 2 amide bonds. The SMILES string of the molecule is O=C(Nc1ccc2ncc(B(O)O)cc2n1)NC1CCCC1. The van der Waals surface area contributed by atoms with Crippen LogP contribution in [0.3, 0.4) is 0 Å². The number of fused-ring (bicyclic) bond motifs is 1. The Morgan fingerprint density at radius 3 is 2.73 bits per heavy atom. The maximum atomic E-state index is 11.9. The second-order valence-corrected chi connectivity index (χ2v) is 5.46. The second-order valence-electron chi connectivity index (χ2n) is 5.46. The van der Waals surface area contributed by atoms with Crippen LogP contribution in [0.2, 0.25) is 0 Å². The highest BCUT2D eigenvalue weighted by Crippen LogP contribution is 2.18. The summed E-state index contributed by atoms with van der Waals surface area (Å²) in [6.45, 7) is 0. The molecule has 0 unspecified atom stereocenters. The van der Waals surface area contributed by atoms with E-state index in [1.165, 1.54) is 12.3 Å². The number of hydrogen-bond acceptors (Lipinski definition) is 5. The first-order valence-electron chi connectivity index (χ1n) is 7.32. The van der Waals surface area contributed by atoms with Gasteiger partial charge in [-0.15, -0.1) is 0 Å². The molecule has 114 valence electrons. The zero-order valence-electron chi connectivity index (χ0n) is 12.0. The number of carbonyl (C=O) groups excluding carboxylic acids is 1. The Bertz CT molecular complexity index is 689. The van der Waals surface area contributed by atoms with Crippen molar-refractivity contribution in [3.63, 3.8) is 0 Å². The summed E-state index contributed by atoms with van der Waals surface area (Å²) in [4.78, 5) is 20.3. The first-order chi connectivity index (χ1) is 10.6. The quantitative estimate of drug-likeness (QED) is 0.613. The average Bonchev–Trinajstić information content (AvgIpc) is 2.99. The Kier molecular flexibility index (Phi) is 4.21. The lowest BCUT2D eigenvalue weighted by Crippen LogP contribution is -2.36. The Morgan fingerprint density at radius 1 is 1.23 bits per heavy atom. The van der Waals surface area contributed by atoms with Gasteiger partial charge < -0.3 is 15.4 Å². The van der Waals surface area contributed by atoms with E-state index in [-0.39, 0.29) is 17.5 Å². The van der Waals surface area contributed by atoms with E-state index in [2.05, 4.69) is 20.6 Å². The lowest BCUT2D eigenvalue weighted by Gasteiger charge is -2.12. The molecule has 0 radical (unpaired) electrons. The number of rotatable bonds is 3. The molecule has 1 fully saturated rings. The van der Waals surface area contributed by atoms with E-state index in [1.54, 1.807) is 12.1 Å². The molecule has 1 aliphatic carbocycles. The largest absolute Gasteiger partial charge is 0.490 e. The van der Waals surface area contributed by atoms with Gasteiger partial charge >= 0.3 is 13.1 Å². The zero-order valence-corrected chi connectivity index (χ0v) is 12.0. The summed E-state index contributed by atoms with van der Waals surface area (Å²) < 4.78 is 0. The van der Waals surface area contributed by atoms with Crippen LogP contribution in [0.25, 0.3) is 11.0 Å². The lowest BCUT2D eigenvalue weighted by molar-refractivity contribution is 0.248. The maximum Gasteiger partial charge on any atom is 0.490 e. The number of pyridine rings is 2. The predicted octanol–water partition coefficient (Wildman–Crippen LogP) is 0.374. The fourth-order valence-corrected chi connectivity index (χ4v) is 2.64. The van der Waals surface area contributed by atoms with Gasteiger partial charge in [0.25, 0.3) is 0 Å². The summed E-state index contributed by atoms with van der Waals surface area (Å²) in [5.41, 5.74) is 1.36. The molecular formula is C14H17BN4O3. The Morgan fingerprint density at radius 2 is 2.00 bits per heavy atom. The summed E-state index contributed by atoms with van der Waals surface area (Å²) in [7, 11) is -1.60. The fraction of sp³-hybridized carbons (Fsp3) is 0.357. The summed E-state index contributed by atoms with van der Waals surface area (Å²) in [5, 5.41) is 23.9. The van der Waals surface area contributed by atoms with Gasteiger partial charge in [-0.25, -0.2) is 9.78 Å². The molecule has 1 aliphatic rings. The first-order valence-corrected chi connectivity index (χ1v) is 7.32.